The molecule has 0 aromatic heterocycles. The lowest BCUT2D eigenvalue weighted by Gasteiger charge is -1.96. The number of ketones is 1. The van der Waals surface area contributed by atoms with Crippen LogP contribution in [0.15, 0.2) is 42.5 Å². The highest BCUT2D eigenvalue weighted by molar-refractivity contribution is 6.30. The zero-order chi connectivity index (χ0) is 14.5. The van der Waals surface area contributed by atoms with Crippen molar-refractivity contribution in [3.8, 4) is 0 Å². The maximum atomic E-state index is 12.2. The standard InChI is InChI=1S/C9H9Cl.C8H7FO/c10-9-5-4-7-2-1-3-8(7)6-9;1-6(10)7-2-4-8(9)5-3-7/h4-6H,1-3H2;2-5H,1H3. The van der Waals surface area contributed by atoms with Crippen molar-refractivity contribution in [3.05, 3.63) is 70.0 Å². The Morgan fingerprint density at radius 2 is 1.70 bits per heavy atom. The number of carbonyl (C=O) groups excluding carboxylic acids is 1. The largest absolute Gasteiger partial charge is 0.295 e. The van der Waals surface area contributed by atoms with Crippen LogP contribution in [-0.4, -0.2) is 5.78 Å². The molecule has 0 saturated heterocycles. The lowest BCUT2D eigenvalue weighted by atomic mass is 10.1. The summed E-state index contributed by atoms with van der Waals surface area (Å²) in [7, 11) is 0. The minimum Gasteiger partial charge on any atom is -0.295 e. The molecule has 2 aromatic rings. The Balaban J connectivity index is 0.000000147. The fraction of sp³-hybridized carbons (Fsp3) is 0.235. The maximum Gasteiger partial charge on any atom is 0.159 e. The smallest absolute Gasteiger partial charge is 0.159 e. The summed E-state index contributed by atoms with van der Waals surface area (Å²) < 4.78 is 12.2. The second-order valence-electron chi connectivity index (χ2n) is 4.83. The highest BCUT2D eigenvalue weighted by atomic mass is 35.5. The first-order chi connectivity index (χ1) is 9.56. The van der Waals surface area contributed by atoms with Gasteiger partial charge in [0.25, 0.3) is 0 Å². The SMILES string of the molecule is CC(=O)c1ccc(F)cc1.Clc1ccc2c(c1)CCC2. The summed E-state index contributed by atoms with van der Waals surface area (Å²) in [6, 6.07) is 11.7. The molecule has 3 rings (SSSR count). The Kier molecular flexibility index (Phi) is 4.91. The van der Waals surface area contributed by atoms with E-state index in [1.54, 1.807) is 0 Å². The summed E-state index contributed by atoms with van der Waals surface area (Å²) in [5.41, 5.74) is 3.48. The topological polar surface area (TPSA) is 17.1 Å². The van der Waals surface area contributed by atoms with Gasteiger partial charge in [-0.3, -0.25) is 4.79 Å². The number of rotatable bonds is 1. The minimum atomic E-state index is -0.315. The molecule has 1 aliphatic rings. The average Bonchev–Trinajstić information content (AvgIpc) is 2.87. The van der Waals surface area contributed by atoms with Gasteiger partial charge in [0.15, 0.2) is 5.78 Å². The van der Waals surface area contributed by atoms with Crippen LogP contribution < -0.4 is 0 Å². The highest BCUT2D eigenvalue weighted by Gasteiger charge is 2.09. The summed E-state index contributed by atoms with van der Waals surface area (Å²) in [6.45, 7) is 1.45. The van der Waals surface area contributed by atoms with E-state index in [0.29, 0.717) is 5.56 Å². The predicted molar refractivity (Wildman–Crippen MR) is 79.9 cm³/mol. The van der Waals surface area contributed by atoms with Gasteiger partial charge in [-0.05, 0) is 73.7 Å². The number of aryl methyl sites for hydroxylation is 2. The molecule has 0 unspecified atom stereocenters. The van der Waals surface area contributed by atoms with Crippen molar-refractivity contribution < 1.29 is 9.18 Å². The molecule has 0 fully saturated rings. The van der Waals surface area contributed by atoms with Crippen molar-refractivity contribution >= 4 is 17.4 Å². The Morgan fingerprint density at radius 1 is 1.05 bits per heavy atom. The zero-order valence-electron chi connectivity index (χ0n) is 11.3. The van der Waals surface area contributed by atoms with Crippen LogP contribution in [0.4, 0.5) is 4.39 Å². The monoisotopic (exact) mass is 290 g/mol. The third-order valence-corrected chi connectivity index (χ3v) is 3.55. The third-order valence-electron chi connectivity index (χ3n) is 3.31. The van der Waals surface area contributed by atoms with Crippen LogP contribution in [0.5, 0.6) is 0 Å². The van der Waals surface area contributed by atoms with Gasteiger partial charge in [-0.1, -0.05) is 17.7 Å². The van der Waals surface area contributed by atoms with E-state index in [2.05, 4.69) is 12.1 Å². The van der Waals surface area contributed by atoms with Crippen molar-refractivity contribution in [1.82, 2.24) is 0 Å². The molecule has 0 spiro atoms. The Hall–Kier alpha value is -1.67. The number of benzene rings is 2. The second-order valence-corrected chi connectivity index (χ2v) is 5.27. The lowest BCUT2D eigenvalue weighted by molar-refractivity contribution is 0.101. The number of hydrogen-bond acceptors (Lipinski definition) is 1. The molecule has 0 aliphatic heterocycles. The van der Waals surface area contributed by atoms with Gasteiger partial charge < -0.3 is 0 Å². The van der Waals surface area contributed by atoms with E-state index in [-0.39, 0.29) is 11.6 Å². The normalized spacial score (nSPS) is 12.3. The van der Waals surface area contributed by atoms with E-state index < -0.39 is 0 Å². The number of hydrogen-bond donors (Lipinski definition) is 0. The number of fused-ring (bicyclic) bond motifs is 1. The van der Waals surface area contributed by atoms with Crippen LogP contribution in [0.2, 0.25) is 5.02 Å². The maximum absolute atomic E-state index is 12.2. The molecule has 0 saturated carbocycles. The van der Waals surface area contributed by atoms with Crippen LogP contribution in [0, 0.1) is 5.82 Å². The molecule has 20 heavy (non-hydrogen) atoms. The van der Waals surface area contributed by atoms with Crippen LogP contribution in [0.25, 0.3) is 0 Å². The summed E-state index contributed by atoms with van der Waals surface area (Å²) in [5.74, 6) is -0.356. The molecule has 0 amide bonds. The van der Waals surface area contributed by atoms with Gasteiger partial charge >= 0.3 is 0 Å². The van der Waals surface area contributed by atoms with E-state index in [0.717, 1.165) is 5.02 Å². The van der Waals surface area contributed by atoms with Gasteiger partial charge in [-0.2, -0.15) is 0 Å². The Bertz CT molecular complexity index is 605. The molecular formula is C17H16ClFO. The van der Waals surface area contributed by atoms with Gasteiger partial charge in [0.05, 0.1) is 0 Å². The Morgan fingerprint density at radius 3 is 2.35 bits per heavy atom. The summed E-state index contributed by atoms with van der Waals surface area (Å²) >= 11 is 5.82. The van der Waals surface area contributed by atoms with E-state index in [1.807, 2.05) is 6.07 Å². The highest BCUT2D eigenvalue weighted by Crippen LogP contribution is 2.24. The number of halogens is 2. The van der Waals surface area contributed by atoms with E-state index in [4.69, 9.17) is 11.6 Å². The molecular weight excluding hydrogens is 275 g/mol. The molecule has 1 nitrogen and oxygen atoms in total. The van der Waals surface area contributed by atoms with E-state index >= 15 is 0 Å². The van der Waals surface area contributed by atoms with Crippen LogP contribution >= 0.6 is 11.6 Å². The first kappa shape index (κ1) is 14.7. The van der Waals surface area contributed by atoms with Gasteiger partial charge in [-0.25, -0.2) is 4.39 Å². The van der Waals surface area contributed by atoms with Crippen molar-refractivity contribution in [2.24, 2.45) is 0 Å². The molecule has 104 valence electrons. The molecule has 1 aliphatic carbocycles. The first-order valence-electron chi connectivity index (χ1n) is 6.60. The molecule has 0 bridgehead atoms. The van der Waals surface area contributed by atoms with Crippen LogP contribution in [-0.2, 0) is 12.8 Å². The fourth-order valence-corrected chi connectivity index (χ4v) is 2.42. The molecule has 0 N–H and O–H groups in total. The lowest BCUT2D eigenvalue weighted by Crippen LogP contribution is -1.90. The van der Waals surface area contributed by atoms with E-state index in [1.165, 1.54) is 61.6 Å². The molecule has 3 heteroatoms. The molecule has 0 heterocycles. The predicted octanol–water partition coefficient (Wildman–Crippen LogP) is 4.86. The zero-order valence-corrected chi connectivity index (χ0v) is 12.1. The number of Topliss-reactive ketones (excluding diaryl/α,β-unsaturated/α-hetero) is 1. The Labute approximate surface area is 123 Å². The van der Waals surface area contributed by atoms with Gasteiger partial charge in [-0.15, -0.1) is 0 Å². The second kappa shape index (κ2) is 6.67. The van der Waals surface area contributed by atoms with Crippen LogP contribution in [0.1, 0.15) is 34.8 Å². The van der Waals surface area contributed by atoms with Crippen molar-refractivity contribution in [2.75, 3.05) is 0 Å². The van der Waals surface area contributed by atoms with E-state index in [9.17, 15) is 9.18 Å². The third kappa shape index (κ3) is 3.91. The summed E-state index contributed by atoms with van der Waals surface area (Å²) in [5, 5.41) is 0.876. The van der Waals surface area contributed by atoms with Crippen molar-refractivity contribution in [1.29, 1.82) is 0 Å². The van der Waals surface area contributed by atoms with Gasteiger partial charge in [0.1, 0.15) is 5.82 Å². The molecule has 2 aromatic carbocycles. The summed E-state index contributed by atoms with van der Waals surface area (Å²) in [4.78, 5) is 10.6. The summed E-state index contributed by atoms with van der Waals surface area (Å²) in [6.07, 6.45) is 3.76. The van der Waals surface area contributed by atoms with Gasteiger partial charge in [0, 0.05) is 10.6 Å². The van der Waals surface area contributed by atoms with Crippen LogP contribution in [0.3, 0.4) is 0 Å². The quantitative estimate of drug-likeness (QED) is 0.686. The van der Waals surface area contributed by atoms with Gasteiger partial charge in [0.2, 0.25) is 0 Å². The molecule has 0 radical (unpaired) electrons. The molecule has 0 atom stereocenters. The van der Waals surface area contributed by atoms with Crippen molar-refractivity contribution in [3.63, 3.8) is 0 Å². The average molecular weight is 291 g/mol. The first-order valence-corrected chi connectivity index (χ1v) is 6.98. The fourth-order valence-electron chi connectivity index (χ4n) is 2.22. The number of carbonyl (C=O) groups is 1. The van der Waals surface area contributed by atoms with Crippen molar-refractivity contribution in [2.45, 2.75) is 26.2 Å². The minimum absolute atomic E-state index is 0.0417.